The van der Waals surface area contributed by atoms with Crippen molar-refractivity contribution < 1.29 is 33.7 Å². The van der Waals surface area contributed by atoms with E-state index in [1.807, 2.05) is 0 Å². The lowest BCUT2D eigenvalue weighted by Gasteiger charge is -2.49. The van der Waals surface area contributed by atoms with E-state index in [9.17, 15) is 24.3 Å². The van der Waals surface area contributed by atoms with Crippen LogP contribution >= 0.6 is 23.1 Å². The molecule has 40 heavy (non-hydrogen) atoms. The Morgan fingerprint density at radius 3 is 2.73 bits per heavy atom. The summed E-state index contributed by atoms with van der Waals surface area (Å²) < 4.78 is 1.68. The van der Waals surface area contributed by atoms with Gasteiger partial charge in [0.1, 0.15) is 22.8 Å². The van der Waals surface area contributed by atoms with Crippen LogP contribution in [0.2, 0.25) is 0 Å². The zero-order valence-electron chi connectivity index (χ0n) is 20.5. The number of thiazole rings is 1. The highest BCUT2D eigenvalue weighted by atomic mass is 32.2. The molecule has 5 heterocycles. The van der Waals surface area contributed by atoms with Gasteiger partial charge in [-0.1, -0.05) is 5.16 Å². The highest BCUT2D eigenvalue weighted by molar-refractivity contribution is 8.00. The summed E-state index contributed by atoms with van der Waals surface area (Å²) in [7, 11) is 0. The first-order valence-corrected chi connectivity index (χ1v) is 13.5. The predicted molar refractivity (Wildman–Crippen MR) is 141 cm³/mol. The van der Waals surface area contributed by atoms with E-state index in [-0.39, 0.29) is 35.4 Å². The molecule has 0 spiro atoms. The Hall–Kier alpha value is -4.77. The molecule has 206 valence electrons. The fourth-order valence-electron chi connectivity index (χ4n) is 4.09. The number of fused-ring (bicyclic) bond motifs is 1. The SMILES string of the molecule is NC(=O)c1cc[n+](CC2=C(C(=O)O)N3C(=O)[C@@H](NC(=O)C(=NOCc4cnc[nH]4)c4csc(N)n4)[C@@H]3SC2)cc1. The minimum absolute atomic E-state index is 0.00379. The van der Waals surface area contributed by atoms with Crippen LogP contribution in [0.4, 0.5) is 5.13 Å². The van der Waals surface area contributed by atoms with Gasteiger partial charge in [0.05, 0.1) is 23.8 Å². The van der Waals surface area contributed by atoms with Crippen LogP contribution in [-0.4, -0.2) is 71.5 Å². The van der Waals surface area contributed by atoms with Gasteiger partial charge in [0.2, 0.25) is 5.91 Å². The molecule has 15 nitrogen and oxygen atoms in total. The van der Waals surface area contributed by atoms with Crippen LogP contribution in [0.1, 0.15) is 21.7 Å². The Kier molecular flexibility index (Phi) is 7.47. The predicted octanol–water partition coefficient (Wildman–Crippen LogP) is -0.805. The van der Waals surface area contributed by atoms with Crippen LogP contribution in [0.15, 0.2) is 58.9 Å². The number of carboxylic acid groups (broad SMARTS) is 1. The first-order valence-electron chi connectivity index (χ1n) is 11.6. The summed E-state index contributed by atoms with van der Waals surface area (Å²) in [5, 5.41) is 17.6. The molecule has 0 bridgehead atoms. The number of hydrogen-bond acceptors (Lipinski definition) is 11. The maximum atomic E-state index is 13.2. The van der Waals surface area contributed by atoms with Crippen molar-refractivity contribution in [3.63, 3.8) is 0 Å². The summed E-state index contributed by atoms with van der Waals surface area (Å²) in [6, 6.07) is 2.05. The maximum Gasteiger partial charge on any atom is 0.352 e. The van der Waals surface area contributed by atoms with Crippen molar-refractivity contribution in [1.29, 1.82) is 0 Å². The Labute approximate surface area is 233 Å². The van der Waals surface area contributed by atoms with E-state index in [2.05, 4.69) is 25.4 Å². The number of aromatic amines is 1. The van der Waals surface area contributed by atoms with Crippen molar-refractivity contribution in [3.8, 4) is 0 Å². The van der Waals surface area contributed by atoms with Crippen molar-refractivity contribution in [2.45, 2.75) is 24.6 Å². The second kappa shape index (κ2) is 11.1. The molecule has 0 unspecified atom stereocenters. The summed E-state index contributed by atoms with van der Waals surface area (Å²) in [5.74, 6) is -2.86. The molecule has 2 aliphatic rings. The number of primary amides is 1. The Morgan fingerprint density at radius 2 is 2.10 bits per heavy atom. The lowest BCUT2D eigenvalue weighted by Crippen LogP contribution is -2.71. The van der Waals surface area contributed by atoms with E-state index in [1.165, 1.54) is 46.7 Å². The van der Waals surface area contributed by atoms with Crippen molar-refractivity contribution in [3.05, 3.63) is 70.7 Å². The Morgan fingerprint density at radius 1 is 1.32 bits per heavy atom. The van der Waals surface area contributed by atoms with Gasteiger partial charge in [0.15, 0.2) is 36.4 Å². The van der Waals surface area contributed by atoms with E-state index in [4.69, 9.17) is 16.3 Å². The lowest BCUT2D eigenvalue weighted by atomic mass is 10.0. The first-order chi connectivity index (χ1) is 19.2. The number of anilines is 1. The fourth-order valence-corrected chi connectivity index (χ4v) is 5.98. The van der Waals surface area contributed by atoms with Crippen molar-refractivity contribution in [2.24, 2.45) is 10.9 Å². The average molecular weight is 585 g/mol. The quantitative estimate of drug-likeness (QED) is 0.0863. The summed E-state index contributed by atoms with van der Waals surface area (Å²) in [6.07, 6.45) is 6.21. The zero-order valence-corrected chi connectivity index (χ0v) is 22.1. The van der Waals surface area contributed by atoms with E-state index >= 15 is 0 Å². The number of nitrogen functional groups attached to an aromatic ring is 1. The fraction of sp³-hybridized carbons (Fsp3) is 0.217. The number of nitrogens with one attached hydrogen (secondary N) is 2. The number of aromatic nitrogens is 4. The molecule has 3 aromatic rings. The van der Waals surface area contributed by atoms with Gasteiger partial charge in [-0.15, -0.1) is 23.1 Å². The summed E-state index contributed by atoms with van der Waals surface area (Å²) in [4.78, 5) is 67.1. The van der Waals surface area contributed by atoms with Crippen LogP contribution in [0.5, 0.6) is 0 Å². The minimum Gasteiger partial charge on any atom is -0.477 e. The normalized spacial score (nSPS) is 18.6. The van der Waals surface area contributed by atoms with Crippen LogP contribution in [0.25, 0.3) is 0 Å². The summed E-state index contributed by atoms with van der Waals surface area (Å²) >= 11 is 2.42. The molecule has 3 amide bonds. The van der Waals surface area contributed by atoms with E-state index in [1.54, 1.807) is 17.0 Å². The molecular weight excluding hydrogens is 562 g/mol. The number of aliphatic carboxylic acids is 1. The van der Waals surface area contributed by atoms with Crippen LogP contribution in [0.3, 0.4) is 0 Å². The smallest absolute Gasteiger partial charge is 0.352 e. The summed E-state index contributed by atoms with van der Waals surface area (Å²) in [5.41, 5.74) is 12.3. The third-order valence-electron chi connectivity index (χ3n) is 6.00. The van der Waals surface area contributed by atoms with Gasteiger partial charge in [-0.25, -0.2) is 19.3 Å². The first kappa shape index (κ1) is 26.8. The number of imidazole rings is 1. The largest absolute Gasteiger partial charge is 0.477 e. The van der Waals surface area contributed by atoms with E-state index in [0.717, 1.165) is 11.3 Å². The highest BCUT2D eigenvalue weighted by Gasteiger charge is 2.54. The molecule has 7 N–H and O–H groups in total. The number of oxime groups is 1. The second-order valence-electron chi connectivity index (χ2n) is 8.60. The molecular formula is C23H22N9O6S2+. The number of amides is 3. The molecule has 0 aliphatic carbocycles. The lowest BCUT2D eigenvalue weighted by molar-refractivity contribution is -0.689. The van der Waals surface area contributed by atoms with Crippen molar-refractivity contribution >= 4 is 57.6 Å². The number of nitrogens with two attached hydrogens (primary N) is 2. The van der Waals surface area contributed by atoms with Crippen molar-refractivity contribution in [2.75, 3.05) is 11.5 Å². The number of carbonyl (C=O) groups is 4. The molecule has 0 aromatic carbocycles. The number of β-lactam (4-membered cyclic amide) rings is 1. The van der Waals surface area contributed by atoms with Gasteiger partial charge < -0.3 is 31.7 Å². The third kappa shape index (κ3) is 5.36. The second-order valence-corrected chi connectivity index (χ2v) is 10.6. The van der Waals surface area contributed by atoms with Crippen LogP contribution in [-0.2, 0) is 32.4 Å². The molecule has 0 saturated carbocycles. The highest BCUT2D eigenvalue weighted by Crippen LogP contribution is 2.40. The van der Waals surface area contributed by atoms with Gasteiger partial charge >= 0.3 is 5.97 Å². The third-order valence-corrected chi connectivity index (χ3v) is 8.01. The maximum absolute atomic E-state index is 13.2. The average Bonchev–Trinajstić information content (AvgIpc) is 3.61. The Bertz CT molecular complexity index is 1530. The van der Waals surface area contributed by atoms with Gasteiger partial charge in [0.25, 0.3) is 11.8 Å². The van der Waals surface area contributed by atoms with E-state index < -0.39 is 35.1 Å². The molecule has 17 heteroatoms. The van der Waals surface area contributed by atoms with Gasteiger partial charge in [-0.2, -0.15) is 0 Å². The molecule has 2 atom stereocenters. The number of thioether (sulfide) groups is 1. The van der Waals surface area contributed by atoms with Crippen molar-refractivity contribution in [1.82, 2.24) is 25.2 Å². The van der Waals surface area contributed by atoms with Gasteiger partial charge in [-0.05, 0) is 0 Å². The number of carbonyl (C=O) groups excluding carboxylic acids is 3. The number of nitrogens with zero attached hydrogens (tertiary/aromatic N) is 5. The Balaban J connectivity index is 1.32. The molecule has 5 rings (SSSR count). The molecule has 2 aliphatic heterocycles. The monoisotopic (exact) mass is 584 g/mol. The number of rotatable bonds is 10. The molecule has 1 saturated heterocycles. The number of pyridine rings is 1. The van der Waals surface area contributed by atoms with Crippen LogP contribution in [0, 0.1) is 0 Å². The topological polar surface area (TPSA) is 223 Å². The zero-order chi connectivity index (χ0) is 28.4. The summed E-state index contributed by atoms with van der Waals surface area (Å²) in [6.45, 7) is 0.181. The standard InChI is InChI=1S/C23H21N9O6S2/c24-18(33)11-1-3-31(4-2-11)6-12-8-39-21-16(20(35)32(21)17(12)22(36)37)29-19(34)15(14-9-40-23(25)28-14)30-38-7-13-5-26-10-27-13/h1-5,9-10,16,21H,6-8H2,(H6-,24,25,26,27,28,29,33,34,36,37)/p+1/t16-,21+/m1/s1. The number of carboxylic acids is 1. The number of H-pyrrole nitrogens is 1. The minimum atomic E-state index is -1.26. The molecule has 1 fully saturated rings. The molecule has 3 aromatic heterocycles. The molecule has 0 radical (unpaired) electrons. The van der Waals surface area contributed by atoms with Gasteiger partial charge in [-0.3, -0.25) is 19.3 Å². The van der Waals surface area contributed by atoms with Gasteiger partial charge in [0, 0.05) is 28.8 Å². The van der Waals surface area contributed by atoms with Crippen LogP contribution < -0.4 is 21.4 Å². The van der Waals surface area contributed by atoms with E-state index in [0.29, 0.717) is 22.6 Å². The number of hydrogen-bond donors (Lipinski definition) is 5.